The molecule has 3 nitrogen and oxygen atoms in total. The van der Waals surface area contributed by atoms with E-state index in [1.165, 1.54) is 25.7 Å². The van der Waals surface area contributed by atoms with Gasteiger partial charge >= 0.3 is 0 Å². The zero-order valence-electron chi connectivity index (χ0n) is 8.71. The fourth-order valence-electron chi connectivity index (χ4n) is 1.75. The summed E-state index contributed by atoms with van der Waals surface area (Å²) in [5.41, 5.74) is 0. The van der Waals surface area contributed by atoms with Gasteiger partial charge in [-0.05, 0) is 39.7 Å². The van der Waals surface area contributed by atoms with Crippen molar-refractivity contribution in [3.8, 4) is 0 Å². The molecule has 0 spiro atoms. The van der Waals surface area contributed by atoms with Crippen molar-refractivity contribution < 1.29 is 9.47 Å². The van der Waals surface area contributed by atoms with Crippen molar-refractivity contribution in [3.05, 3.63) is 0 Å². The summed E-state index contributed by atoms with van der Waals surface area (Å²) in [5, 5.41) is 3.30. The van der Waals surface area contributed by atoms with E-state index in [-0.39, 0.29) is 0 Å². The van der Waals surface area contributed by atoms with E-state index >= 15 is 0 Å². The number of ether oxygens (including phenoxy) is 2. The van der Waals surface area contributed by atoms with Crippen LogP contribution in [0.2, 0.25) is 0 Å². The Balaban J connectivity index is 2.03. The van der Waals surface area contributed by atoms with Gasteiger partial charge in [-0.2, -0.15) is 0 Å². The monoisotopic (exact) mass is 187 g/mol. The molecule has 78 valence electrons. The molecule has 1 rings (SSSR count). The van der Waals surface area contributed by atoms with Crippen molar-refractivity contribution in [2.75, 3.05) is 20.4 Å². The number of nitrogens with one attached hydrogen (secondary N) is 1. The SMILES string of the molecule is CCOCOC1CCC(NC)CC1. The maximum absolute atomic E-state index is 5.57. The minimum absolute atomic E-state index is 0.427. The van der Waals surface area contributed by atoms with Crippen LogP contribution in [0.3, 0.4) is 0 Å². The minimum atomic E-state index is 0.427. The normalized spacial score (nSPS) is 29.1. The van der Waals surface area contributed by atoms with Crippen LogP contribution in [0.1, 0.15) is 32.6 Å². The highest BCUT2D eigenvalue weighted by Crippen LogP contribution is 2.20. The number of hydrogen-bond acceptors (Lipinski definition) is 3. The van der Waals surface area contributed by atoms with Gasteiger partial charge in [-0.3, -0.25) is 0 Å². The summed E-state index contributed by atoms with van der Waals surface area (Å²) < 4.78 is 10.7. The maximum Gasteiger partial charge on any atom is 0.147 e. The van der Waals surface area contributed by atoms with Crippen LogP contribution in [-0.2, 0) is 9.47 Å². The molecule has 0 bridgehead atoms. The smallest absolute Gasteiger partial charge is 0.147 e. The molecular formula is C10H21NO2. The molecule has 3 heteroatoms. The second-order valence-electron chi connectivity index (χ2n) is 3.54. The van der Waals surface area contributed by atoms with Gasteiger partial charge in [0.2, 0.25) is 0 Å². The molecule has 13 heavy (non-hydrogen) atoms. The van der Waals surface area contributed by atoms with Crippen LogP contribution in [0.5, 0.6) is 0 Å². The van der Waals surface area contributed by atoms with Crippen molar-refractivity contribution in [2.24, 2.45) is 0 Å². The van der Waals surface area contributed by atoms with Gasteiger partial charge in [0.05, 0.1) is 6.10 Å². The Morgan fingerprint density at radius 3 is 2.46 bits per heavy atom. The first-order valence-electron chi connectivity index (χ1n) is 5.23. The minimum Gasteiger partial charge on any atom is -0.356 e. The molecule has 0 aromatic heterocycles. The molecule has 0 atom stereocenters. The third kappa shape index (κ3) is 4.07. The molecule has 1 N–H and O–H groups in total. The Morgan fingerprint density at radius 2 is 1.92 bits per heavy atom. The highest BCUT2D eigenvalue weighted by Gasteiger charge is 2.19. The first kappa shape index (κ1) is 11.0. The van der Waals surface area contributed by atoms with Crippen molar-refractivity contribution in [1.29, 1.82) is 0 Å². The molecule has 0 radical (unpaired) electrons. The predicted octanol–water partition coefficient (Wildman–Crippen LogP) is 1.53. The molecule has 0 unspecified atom stereocenters. The summed E-state index contributed by atoms with van der Waals surface area (Å²) in [6.45, 7) is 3.19. The van der Waals surface area contributed by atoms with Gasteiger partial charge in [-0.25, -0.2) is 0 Å². The van der Waals surface area contributed by atoms with Crippen LogP contribution >= 0.6 is 0 Å². The predicted molar refractivity (Wildman–Crippen MR) is 52.7 cm³/mol. The van der Waals surface area contributed by atoms with E-state index in [1.807, 2.05) is 14.0 Å². The summed E-state index contributed by atoms with van der Waals surface area (Å²) in [7, 11) is 2.03. The van der Waals surface area contributed by atoms with Gasteiger partial charge in [-0.1, -0.05) is 0 Å². The Labute approximate surface area is 80.8 Å². The average molecular weight is 187 g/mol. The van der Waals surface area contributed by atoms with Gasteiger partial charge in [0.25, 0.3) is 0 Å². The Bertz CT molecular complexity index is 119. The molecular weight excluding hydrogens is 166 g/mol. The standard InChI is InChI=1S/C10H21NO2/c1-3-12-8-13-10-6-4-9(11-2)5-7-10/h9-11H,3-8H2,1-2H3. The molecule has 0 aromatic rings. The largest absolute Gasteiger partial charge is 0.356 e. The molecule has 0 aliphatic heterocycles. The number of rotatable bonds is 5. The maximum atomic E-state index is 5.57. The Morgan fingerprint density at radius 1 is 1.23 bits per heavy atom. The lowest BCUT2D eigenvalue weighted by molar-refractivity contribution is -0.0967. The van der Waals surface area contributed by atoms with Crippen LogP contribution in [-0.4, -0.2) is 32.6 Å². The molecule has 0 saturated heterocycles. The highest BCUT2D eigenvalue weighted by atomic mass is 16.7. The molecule has 0 aromatic carbocycles. The van der Waals surface area contributed by atoms with E-state index in [9.17, 15) is 0 Å². The van der Waals surface area contributed by atoms with E-state index in [2.05, 4.69) is 5.32 Å². The van der Waals surface area contributed by atoms with Crippen molar-refractivity contribution in [2.45, 2.75) is 44.8 Å². The van der Waals surface area contributed by atoms with E-state index in [1.54, 1.807) is 0 Å². The van der Waals surface area contributed by atoms with E-state index in [0.29, 0.717) is 18.9 Å². The lowest BCUT2D eigenvalue weighted by atomic mass is 9.93. The fourth-order valence-corrected chi connectivity index (χ4v) is 1.75. The van der Waals surface area contributed by atoms with E-state index in [4.69, 9.17) is 9.47 Å². The zero-order valence-corrected chi connectivity index (χ0v) is 8.71. The van der Waals surface area contributed by atoms with Crippen LogP contribution in [0.4, 0.5) is 0 Å². The highest BCUT2D eigenvalue weighted by molar-refractivity contribution is 4.75. The first-order valence-corrected chi connectivity index (χ1v) is 5.23. The fraction of sp³-hybridized carbons (Fsp3) is 1.00. The van der Waals surface area contributed by atoms with Crippen LogP contribution < -0.4 is 5.32 Å². The van der Waals surface area contributed by atoms with Crippen molar-refractivity contribution in [1.82, 2.24) is 5.32 Å². The van der Waals surface area contributed by atoms with Gasteiger partial charge in [0, 0.05) is 12.6 Å². The van der Waals surface area contributed by atoms with Gasteiger partial charge in [0.15, 0.2) is 0 Å². The average Bonchev–Trinajstić information content (AvgIpc) is 2.19. The topological polar surface area (TPSA) is 30.5 Å². The second kappa shape index (κ2) is 6.35. The van der Waals surface area contributed by atoms with Gasteiger partial charge in [0.1, 0.15) is 6.79 Å². The quantitative estimate of drug-likeness (QED) is 0.523. The van der Waals surface area contributed by atoms with Crippen molar-refractivity contribution >= 4 is 0 Å². The Kier molecular flexibility index (Phi) is 5.35. The second-order valence-corrected chi connectivity index (χ2v) is 3.54. The lowest BCUT2D eigenvalue weighted by Gasteiger charge is -2.27. The molecule has 1 aliphatic rings. The van der Waals surface area contributed by atoms with E-state index in [0.717, 1.165) is 6.61 Å². The molecule has 1 aliphatic carbocycles. The Hall–Kier alpha value is -0.120. The van der Waals surface area contributed by atoms with E-state index < -0.39 is 0 Å². The van der Waals surface area contributed by atoms with Gasteiger partial charge in [-0.15, -0.1) is 0 Å². The molecule has 1 saturated carbocycles. The molecule has 1 fully saturated rings. The van der Waals surface area contributed by atoms with Crippen LogP contribution in [0.25, 0.3) is 0 Å². The summed E-state index contributed by atoms with van der Waals surface area (Å²) >= 11 is 0. The first-order chi connectivity index (χ1) is 6.36. The molecule has 0 amide bonds. The van der Waals surface area contributed by atoms with Gasteiger partial charge < -0.3 is 14.8 Å². The number of hydrogen-bond donors (Lipinski definition) is 1. The third-order valence-corrected chi connectivity index (χ3v) is 2.67. The van der Waals surface area contributed by atoms with Crippen molar-refractivity contribution in [3.63, 3.8) is 0 Å². The summed E-state index contributed by atoms with van der Waals surface area (Å²) in [6, 6.07) is 0.701. The summed E-state index contributed by atoms with van der Waals surface area (Å²) in [5.74, 6) is 0. The van der Waals surface area contributed by atoms with Crippen LogP contribution in [0, 0.1) is 0 Å². The summed E-state index contributed by atoms with van der Waals surface area (Å²) in [6.07, 6.45) is 5.22. The zero-order chi connectivity index (χ0) is 9.52. The lowest BCUT2D eigenvalue weighted by Crippen LogP contribution is -2.33. The third-order valence-electron chi connectivity index (χ3n) is 2.67. The molecule has 0 heterocycles. The van der Waals surface area contributed by atoms with Crippen LogP contribution in [0.15, 0.2) is 0 Å². The summed E-state index contributed by atoms with van der Waals surface area (Å²) in [4.78, 5) is 0.